The van der Waals surface area contributed by atoms with E-state index in [2.05, 4.69) is 4.98 Å². The molecule has 0 radical (unpaired) electrons. The summed E-state index contributed by atoms with van der Waals surface area (Å²) in [6, 6.07) is 15.3. The topological polar surface area (TPSA) is 96.8 Å². The van der Waals surface area contributed by atoms with Gasteiger partial charge in [-0.2, -0.15) is 0 Å². The number of nitrogens with two attached hydrogens (primary N) is 1. The fraction of sp³-hybridized carbons (Fsp3) is 0.231. The highest BCUT2D eigenvalue weighted by atomic mass is 16.5. The summed E-state index contributed by atoms with van der Waals surface area (Å²) in [6.45, 7) is 2.77. The summed E-state index contributed by atoms with van der Waals surface area (Å²) in [5, 5.41) is 0.967. The van der Waals surface area contributed by atoms with E-state index < -0.39 is 0 Å². The van der Waals surface area contributed by atoms with E-state index in [1.165, 1.54) is 0 Å². The summed E-state index contributed by atoms with van der Waals surface area (Å²) in [6.07, 6.45) is 3.54. The molecule has 170 valence electrons. The zero-order chi connectivity index (χ0) is 23.2. The average molecular weight is 447 g/mol. The van der Waals surface area contributed by atoms with E-state index in [4.69, 9.17) is 24.4 Å². The van der Waals surface area contributed by atoms with Gasteiger partial charge in [0, 0.05) is 35.3 Å². The highest BCUT2D eigenvalue weighted by Crippen LogP contribution is 2.32. The smallest absolute Gasteiger partial charge is 0.310 e. The van der Waals surface area contributed by atoms with Crippen LogP contribution < -0.4 is 15.2 Å². The van der Waals surface area contributed by atoms with Gasteiger partial charge in [0.2, 0.25) is 0 Å². The van der Waals surface area contributed by atoms with Crippen molar-refractivity contribution in [2.24, 2.45) is 5.73 Å². The fourth-order valence-corrected chi connectivity index (χ4v) is 3.67. The molecule has 2 N–H and O–H groups in total. The number of fused-ring (bicyclic) bond motifs is 1. The van der Waals surface area contributed by atoms with Crippen LogP contribution in [0.5, 0.6) is 11.5 Å². The van der Waals surface area contributed by atoms with Crippen molar-refractivity contribution in [1.29, 1.82) is 0 Å². The van der Waals surface area contributed by atoms with Gasteiger partial charge in [0.05, 0.1) is 32.1 Å². The molecular formula is C26H26N2O5. The summed E-state index contributed by atoms with van der Waals surface area (Å²) in [5.74, 6) is 0.920. The number of hydrogen-bond donors (Lipinski definition) is 1. The van der Waals surface area contributed by atoms with Gasteiger partial charge < -0.3 is 24.4 Å². The molecule has 0 spiro atoms. The molecule has 7 nitrogen and oxygen atoms in total. The van der Waals surface area contributed by atoms with Gasteiger partial charge in [-0.3, -0.25) is 9.78 Å². The number of rotatable bonds is 9. The van der Waals surface area contributed by atoms with E-state index in [1.807, 2.05) is 36.4 Å². The van der Waals surface area contributed by atoms with Crippen molar-refractivity contribution in [1.82, 2.24) is 4.98 Å². The first-order valence-electron chi connectivity index (χ1n) is 10.7. The molecule has 0 aliphatic rings. The number of carbonyl (C=O) groups is 1. The van der Waals surface area contributed by atoms with Gasteiger partial charge in [-0.1, -0.05) is 6.07 Å². The quantitative estimate of drug-likeness (QED) is 0.374. The van der Waals surface area contributed by atoms with Gasteiger partial charge in [-0.05, 0) is 54.4 Å². The number of ether oxygens (including phenoxy) is 3. The summed E-state index contributed by atoms with van der Waals surface area (Å²) < 4.78 is 22.3. The van der Waals surface area contributed by atoms with Crippen LogP contribution in [-0.2, 0) is 29.1 Å². The minimum Gasteiger partial charge on any atom is -0.497 e. The van der Waals surface area contributed by atoms with Crippen molar-refractivity contribution in [3.8, 4) is 22.6 Å². The molecule has 0 fully saturated rings. The molecule has 4 rings (SSSR count). The van der Waals surface area contributed by atoms with E-state index >= 15 is 0 Å². The second-order valence-corrected chi connectivity index (χ2v) is 7.47. The number of aromatic nitrogens is 1. The van der Waals surface area contributed by atoms with Crippen LogP contribution in [0.4, 0.5) is 0 Å². The molecule has 0 saturated heterocycles. The number of hydrogen-bond acceptors (Lipinski definition) is 7. The molecule has 0 bridgehead atoms. The van der Waals surface area contributed by atoms with Crippen molar-refractivity contribution >= 4 is 16.9 Å². The molecule has 2 aromatic heterocycles. The molecule has 0 unspecified atom stereocenters. The third-order valence-corrected chi connectivity index (χ3v) is 5.26. The van der Waals surface area contributed by atoms with Gasteiger partial charge in [-0.15, -0.1) is 0 Å². The maximum atomic E-state index is 12.0. The van der Waals surface area contributed by atoms with Crippen molar-refractivity contribution in [3.63, 3.8) is 0 Å². The minimum absolute atomic E-state index is 0.123. The summed E-state index contributed by atoms with van der Waals surface area (Å²) in [4.78, 5) is 16.3. The number of furan rings is 1. The van der Waals surface area contributed by atoms with Crippen LogP contribution in [0, 0.1) is 0 Å². The van der Waals surface area contributed by atoms with Crippen molar-refractivity contribution in [2.45, 2.75) is 26.5 Å². The number of carbonyl (C=O) groups excluding carboxylic acids is 1. The van der Waals surface area contributed by atoms with E-state index in [1.54, 1.807) is 38.6 Å². The number of nitrogens with zero attached hydrogens (tertiary/aromatic N) is 1. The molecular weight excluding hydrogens is 420 g/mol. The highest BCUT2D eigenvalue weighted by molar-refractivity contribution is 5.93. The molecule has 2 heterocycles. The lowest BCUT2D eigenvalue weighted by atomic mass is 10.0. The Bertz CT molecular complexity index is 1260. The second-order valence-electron chi connectivity index (χ2n) is 7.47. The Morgan fingerprint density at radius 2 is 2.00 bits per heavy atom. The lowest BCUT2D eigenvalue weighted by Crippen LogP contribution is -2.09. The first kappa shape index (κ1) is 22.4. The normalized spacial score (nSPS) is 10.9. The van der Waals surface area contributed by atoms with Crippen molar-refractivity contribution in [2.75, 3.05) is 13.7 Å². The van der Waals surface area contributed by atoms with E-state index in [9.17, 15) is 4.79 Å². The first-order chi connectivity index (χ1) is 16.1. The van der Waals surface area contributed by atoms with Crippen LogP contribution in [0.3, 0.4) is 0 Å². The predicted octanol–water partition coefficient (Wildman–Crippen LogP) is 4.65. The Hall–Kier alpha value is -3.84. The molecule has 0 aliphatic carbocycles. The average Bonchev–Trinajstić information content (AvgIpc) is 3.31. The van der Waals surface area contributed by atoms with E-state index in [0.717, 1.165) is 38.9 Å². The Morgan fingerprint density at radius 3 is 2.79 bits per heavy atom. The van der Waals surface area contributed by atoms with Crippen molar-refractivity contribution < 1.29 is 23.4 Å². The number of methoxy groups -OCH3 is 1. The van der Waals surface area contributed by atoms with Crippen LogP contribution in [0.1, 0.15) is 23.7 Å². The van der Waals surface area contributed by atoms with Crippen LogP contribution in [0.25, 0.3) is 22.1 Å². The maximum Gasteiger partial charge on any atom is 0.310 e. The van der Waals surface area contributed by atoms with Gasteiger partial charge >= 0.3 is 5.97 Å². The van der Waals surface area contributed by atoms with E-state index in [0.29, 0.717) is 31.3 Å². The molecule has 0 aliphatic heterocycles. The second kappa shape index (κ2) is 10.2. The van der Waals surface area contributed by atoms with Gasteiger partial charge in [0.25, 0.3) is 0 Å². The molecule has 7 heteroatoms. The molecule has 0 saturated carbocycles. The fourth-order valence-electron chi connectivity index (χ4n) is 3.67. The molecule has 0 atom stereocenters. The van der Waals surface area contributed by atoms with Crippen LogP contribution in [0.2, 0.25) is 0 Å². The van der Waals surface area contributed by atoms with Crippen LogP contribution >= 0.6 is 0 Å². The SMILES string of the molecule is CCOC(=O)Cc1ccc(OC)cc1OCc1cc(-c2ccnc(CN)c2)c2occc2c1. The Kier molecular flexibility index (Phi) is 6.90. The molecule has 2 aromatic carbocycles. The lowest BCUT2D eigenvalue weighted by Gasteiger charge is -2.14. The molecule has 33 heavy (non-hydrogen) atoms. The molecule has 0 amide bonds. The third-order valence-electron chi connectivity index (χ3n) is 5.26. The monoisotopic (exact) mass is 446 g/mol. The summed E-state index contributed by atoms with van der Waals surface area (Å²) in [5.41, 5.74) is 11.0. The maximum absolute atomic E-state index is 12.0. The zero-order valence-corrected chi connectivity index (χ0v) is 18.7. The molecule has 4 aromatic rings. The summed E-state index contributed by atoms with van der Waals surface area (Å²) in [7, 11) is 1.59. The predicted molar refractivity (Wildman–Crippen MR) is 125 cm³/mol. The van der Waals surface area contributed by atoms with E-state index in [-0.39, 0.29) is 12.4 Å². The van der Waals surface area contributed by atoms with Crippen LogP contribution in [-0.4, -0.2) is 24.7 Å². The number of esters is 1. The lowest BCUT2D eigenvalue weighted by molar-refractivity contribution is -0.142. The van der Waals surface area contributed by atoms with Gasteiger partial charge in [0.1, 0.15) is 23.7 Å². The standard InChI is InChI=1S/C26H26N2O5/c1-3-31-25(29)13-19-4-5-22(30-2)14-24(19)33-16-17-10-20-7-9-32-26(20)23(11-17)18-6-8-28-21(12-18)15-27/h4-12,14H,3,13,15-16,27H2,1-2H3. The zero-order valence-electron chi connectivity index (χ0n) is 18.7. The highest BCUT2D eigenvalue weighted by Gasteiger charge is 2.14. The van der Waals surface area contributed by atoms with Crippen LogP contribution in [0.15, 0.2) is 65.4 Å². The summed E-state index contributed by atoms with van der Waals surface area (Å²) >= 11 is 0. The minimum atomic E-state index is -0.303. The Morgan fingerprint density at radius 1 is 1.12 bits per heavy atom. The van der Waals surface area contributed by atoms with Gasteiger partial charge in [-0.25, -0.2) is 0 Å². The largest absolute Gasteiger partial charge is 0.497 e. The Labute approximate surface area is 192 Å². The number of benzene rings is 2. The first-order valence-corrected chi connectivity index (χ1v) is 10.7. The Balaban J connectivity index is 1.64. The number of pyridine rings is 1. The van der Waals surface area contributed by atoms with Crippen molar-refractivity contribution in [3.05, 3.63) is 77.8 Å². The van der Waals surface area contributed by atoms with Gasteiger partial charge in [0.15, 0.2) is 0 Å². The third kappa shape index (κ3) is 5.15.